The van der Waals surface area contributed by atoms with Crippen molar-refractivity contribution in [1.82, 2.24) is 14.9 Å². The van der Waals surface area contributed by atoms with Gasteiger partial charge < -0.3 is 9.72 Å². The summed E-state index contributed by atoms with van der Waals surface area (Å²) in [6.45, 7) is 1.88. The molecular weight excluding hydrogens is 321 g/mol. The largest absolute Gasteiger partial charge is 0.494 e. The minimum Gasteiger partial charge on any atom is -0.494 e. The molecule has 3 rings (SSSR count). The number of aromatic nitrogens is 2. The third-order valence-corrected chi connectivity index (χ3v) is 3.85. The van der Waals surface area contributed by atoms with Crippen LogP contribution in [0, 0.1) is 5.82 Å². The van der Waals surface area contributed by atoms with Crippen molar-refractivity contribution in [3.63, 3.8) is 0 Å². The van der Waals surface area contributed by atoms with Crippen molar-refractivity contribution in [3.05, 3.63) is 70.5 Å². The Labute approximate surface area is 145 Å². The number of nitrogens with zero attached hydrogens (tertiary/aromatic N) is 2. The Hall–Kier alpha value is -2.73. The third kappa shape index (κ3) is 4.64. The average Bonchev–Trinajstić information content (AvgIpc) is 2.60. The highest BCUT2D eigenvalue weighted by Crippen LogP contribution is 2.11. The van der Waals surface area contributed by atoms with E-state index in [1.54, 1.807) is 18.2 Å². The van der Waals surface area contributed by atoms with Gasteiger partial charge in [0.1, 0.15) is 17.4 Å². The van der Waals surface area contributed by atoms with E-state index in [9.17, 15) is 9.18 Å². The zero-order valence-corrected chi connectivity index (χ0v) is 14.0. The van der Waals surface area contributed by atoms with E-state index in [1.807, 2.05) is 25.2 Å². The van der Waals surface area contributed by atoms with Gasteiger partial charge in [-0.25, -0.2) is 9.37 Å². The lowest BCUT2D eigenvalue weighted by Crippen LogP contribution is -2.24. The van der Waals surface area contributed by atoms with Crippen LogP contribution in [0.5, 0.6) is 5.75 Å². The Morgan fingerprint density at radius 3 is 2.72 bits per heavy atom. The van der Waals surface area contributed by atoms with Crippen molar-refractivity contribution < 1.29 is 9.13 Å². The first-order valence-electron chi connectivity index (χ1n) is 8.17. The van der Waals surface area contributed by atoms with Crippen molar-refractivity contribution in [2.75, 3.05) is 20.2 Å². The van der Waals surface area contributed by atoms with Crippen LogP contribution >= 0.6 is 0 Å². The van der Waals surface area contributed by atoms with Crippen LogP contribution in [-0.2, 0) is 6.54 Å². The molecule has 0 amide bonds. The van der Waals surface area contributed by atoms with Gasteiger partial charge in [0.2, 0.25) is 0 Å². The van der Waals surface area contributed by atoms with Crippen LogP contribution in [0.1, 0.15) is 12.2 Å². The molecule has 0 saturated heterocycles. The predicted octanol–water partition coefficient (Wildman–Crippen LogP) is 2.96. The van der Waals surface area contributed by atoms with E-state index >= 15 is 0 Å². The highest BCUT2D eigenvalue weighted by molar-refractivity contribution is 5.77. The lowest BCUT2D eigenvalue weighted by molar-refractivity contribution is 0.255. The molecule has 0 unspecified atom stereocenters. The number of aromatic amines is 1. The molecular formula is C19H20FN3O2. The fourth-order valence-electron chi connectivity index (χ4n) is 2.60. The summed E-state index contributed by atoms with van der Waals surface area (Å²) in [4.78, 5) is 21.5. The molecule has 0 saturated carbocycles. The number of hydrogen-bond donors (Lipinski definition) is 1. The number of hydrogen-bond acceptors (Lipinski definition) is 4. The second-order valence-corrected chi connectivity index (χ2v) is 5.92. The molecule has 2 aromatic carbocycles. The molecule has 5 nitrogen and oxygen atoms in total. The van der Waals surface area contributed by atoms with Crippen LogP contribution in [-0.4, -0.2) is 35.1 Å². The van der Waals surface area contributed by atoms with Gasteiger partial charge in [-0.15, -0.1) is 0 Å². The molecule has 3 aromatic rings. The predicted molar refractivity (Wildman–Crippen MR) is 95.2 cm³/mol. The van der Waals surface area contributed by atoms with Gasteiger partial charge in [-0.3, -0.25) is 9.69 Å². The first kappa shape index (κ1) is 17.1. The molecule has 0 atom stereocenters. The van der Waals surface area contributed by atoms with Gasteiger partial charge >= 0.3 is 0 Å². The number of rotatable bonds is 7. The summed E-state index contributed by atoms with van der Waals surface area (Å²) in [6, 6.07) is 13.3. The Morgan fingerprint density at radius 2 is 1.92 bits per heavy atom. The fourth-order valence-corrected chi connectivity index (χ4v) is 2.60. The van der Waals surface area contributed by atoms with Gasteiger partial charge in [-0.2, -0.15) is 0 Å². The highest BCUT2D eigenvalue weighted by Gasteiger charge is 2.06. The first-order valence-corrected chi connectivity index (χ1v) is 8.17. The van der Waals surface area contributed by atoms with Gasteiger partial charge in [0.05, 0.1) is 24.1 Å². The SMILES string of the molecule is CN(CCCOc1ccc(F)cc1)Cc1nc2ccccc2c(=O)[nH]1. The third-order valence-electron chi connectivity index (χ3n) is 3.85. The molecule has 1 heterocycles. The van der Waals surface area contributed by atoms with E-state index in [0.29, 0.717) is 35.6 Å². The van der Waals surface area contributed by atoms with Gasteiger partial charge in [0.25, 0.3) is 5.56 Å². The number of H-pyrrole nitrogens is 1. The first-order chi connectivity index (χ1) is 12.1. The molecule has 0 spiro atoms. The lowest BCUT2D eigenvalue weighted by atomic mass is 10.2. The normalized spacial score (nSPS) is 11.2. The molecule has 130 valence electrons. The quantitative estimate of drug-likeness (QED) is 0.671. The molecule has 25 heavy (non-hydrogen) atoms. The van der Waals surface area contributed by atoms with E-state index in [1.165, 1.54) is 12.1 Å². The Kier molecular flexibility index (Phi) is 5.40. The molecule has 0 aliphatic rings. The molecule has 0 fully saturated rings. The summed E-state index contributed by atoms with van der Waals surface area (Å²) in [6.07, 6.45) is 0.811. The zero-order chi connectivity index (χ0) is 17.6. The fraction of sp³-hybridized carbons (Fsp3) is 0.263. The van der Waals surface area contributed by atoms with Crippen LogP contribution in [0.15, 0.2) is 53.3 Å². The second kappa shape index (κ2) is 7.90. The van der Waals surface area contributed by atoms with Crippen LogP contribution in [0.4, 0.5) is 4.39 Å². The number of para-hydroxylation sites is 1. The van der Waals surface area contributed by atoms with E-state index in [4.69, 9.17) is 4.74 Å². The van der Waals surface area contributed by atoms with Gasteiger partial charge in [-0.1, -0.05) is 12.1 Å². The monoisotopic (exact) mass is 341 g/mol. The van der Waals surface area contributed by atoms with E-state index in [-0.39, 0.29) is 11.4 Å². The van der Waals surface area contributed by atoms with Crippen LogP contribution in [0.2, 0.25) is 0 Å². The molecule has 0 radical (unpaired) electrons. The summed E-state index contributed by atoms with van der Waals surface area (Å²) in [5, 5.41) is 0.599. The van der Waals surface area contributed by atoms with E-state index in [2.05, 4.69) is 14.9 Å². The number of nitrogens with one attached hydrogen (secondary N) is 1. The second-order valence-electron chi connectivity index (χ2n) is 5.92. The maximum atomic E-state index is 12.8. The molecule has 0 aliphatic heterocycles. The minimum atomic E-state index is -0.274. The van der Waals surface area contributed by atoms with Crippen molar-refractivity contribution in [3.8, 4) is 5.75 Å². The van der Waals surface area contributed by atoms with Crippen molar-refractivity contribution in [2.24, 2.45) is 0 Å². The van der Waals surface area contributed by atoms with Crippen molar-refractivity contribution in [2.45, 2.75) is 13.0 Å². The summed E-state index contributed by atoms with van der Waals surface area (Å²) < 4.78 is 18.4. The van der Waals surface area contributed by atoms with Crippen molar-refractivity contribution >= 4 is 10.9 Å². The number of benzene rings is 2. The Bertz CT molecular complexity index is 893. The molecule has 0 aliphatic carbocycles. The van der Waals surface area contributed by atoms with Gasteiger partial charge in [0.15, 0.2) is 0 Å². The zero-order valence-electron chi connectivity index (χ0n) is 14.0. The number of halogens is 1. The lowest BCUT2D eigenvalue weighted by Gasteiger charge is -2.16. The van der Waals surface area contributed by atoms with Gasteiger partial charge in [0, 0.05) is 6.54 Å². The molecule has 1 aromatic heterocycles. The maximum Gasteiger partial charge on any atom is 0.258 e. The summed E-state index contributed by atoms with van der Waals surface area (Å²) in [5.74, 6) is 1.03. The summed E-state index contributed by atoms with van der Waals surface area (Å²) in [5.41, 5.74) is 0.586. The van der Waals surface area contributed by atoms with Crippen molar-refractivity contribution in [1.29, 1.82) is 0 Å². The number of ether oxygens (including phenoxy) is 1. The van der Waals surface area contributed by atoms with Crippen LogP contribution in [0.3, 0.4) is 0 Å². The average molecular weight is 341 g/mol. The van der Waals surface area contributed by atoms with Crippen LogP contribution in [0.25, 0.3) is 10.9 Å². The molecule has 6 heteroatoms. The molecule has 0 bridgehead atoms. The standard InChI is InChI=1S/C19H20FN3O2/c1-23(11-4-12-25-15-9-7-14(20)8-10-15)13-18-21-17-6-3-2-5-16(17)19(24)22-18/h2-3,5-10H,4,11-13H2,1H3,(H,21,22,24). The highest BCUT2D eigenvalue weighted by atomic mass is 19.1. The topological polar surface area (TPSA) is 58.2 Å². The van der Waals surface area contributed by atoms with Gasteiger partial charge in [-0.05, 0) is 49.9 Å². The van der Waals surface area contributed by atoms with E-state index < -0.39 is 0 Å². The smallest absolute Gasteiger partial charge is 0.258 e. The Balaban J connectivity index is 1.50. The Morgan fingerprint density at radius 1 is 1.16 bits per heavy atom. The van der Waals surface area contributed by atoms with Crippen LogP contribution < -0.4 is 10.3 Å². The minimum absolute atomic E-state index is 0.117. The van der Waals surface area contributed by atoms with E-state index in [0.717, 1.165) is 13.0 Å². The maximum absolute atomic E-state index is 12.8. The summed E-state index contributed by atoms with van der Waals surface area (Å²) >= 11 is 0. The molecule has 1 N–H and O–H groups in total. The number of fused-ring (bicyclic) bond motifs is 1. The summed E-state index contributed by atoms with van der Waals surface area (Å²) in [7, 11) is 1.97.